The van der Waals surface area contributed by atoms with Crippen LogP contribution < -0.4 is 9.30 Å². The lowest BCUT2D eigenvalue weighted by Crippen LogP contribution is -2.32. The Morgan fingerprint density at radius 2 is 1.48 bits per heavy atom. The van der Waals surface area contributed by atoms with Crippen LogP contribution in [0, 0.1) is 20.8 Å². The third-order valence-corrected chi connectivity index (χ3v) is 5.55. The van der Waals surface area contributed by atoms with E-state index in [-0.39, 0.29) is 0 Å². The molecule has 0 spiro atoms. The van der Waals surface area contributed by atoms with Crippen LogP contribution in [-0.4, -0.2) is 0 Å². The minimum absolute atomic E-state index is 0.956. The van der Waals surface area contributed by atoms with Crippen LogP contribution in [0.25, 0.3) is 32.8 Å². The maximum atomic E-state index is 6.47. The summed E-state index contributed by atoms with van der Waals surface area (Å²) in [4.78, 5) is 0. The van der Waals surface area contributed by atoms with Gasteiger partial charge in [0.05, 0.1) is 10.9 Å². The normalized spacial score (nSPS) is 12.3. The zero-order chi connectivity index (χ0) is 17.3. The van der Waals surface area contributed by atoms with E-state index < -0.39 is 0 Å². The second kappa shape index (κ2) is 4.82. The van der Waals surface area contributed by atoms with Crippen molar-refractivity contribution in [3.05, 3.63) is 65.4 Å². The zero-order valence-electron chi connectivity index (χ0n) is 15.0. The topological polar surface area (TPSA) is 13.1 Å². The largest absolute Gasteiger partial charge is 0.455 e. The van der Waals surface area contributed by atoms with Crippen molar-refractivity contribution in [1.29, 1.82) is 0 Å². The van der Waals surface area contributed by atoms with E-state index in [0.717, 1.165) is 11.5 Å². The first kappa shape index (κ1) is 14.5. The van der Waals surface area contributed by atoms with Crippen molar-refractivity contribution >= 4 is 21.5 Å². The monoisotopic (exact) mass is 326 g/mol. The van der Waals surface area contributed by atoms with Crippen molar-refractivity contribution in [2.24, 2.45) is 7.05 Å². The van der Waals surface area contributed by atoms with E-state index in [9.17, 15) is 0 Å². The summed E-state index contributed by atoms with van der Waals surface area (Å²) < 4.78 is 8.72. The molecular formula is C23H20NO+. The molecule has 0 unspecified atom stereocenters. The molecule has 1 aliphatic heterocycles. The third kappa shape index (κ3) is 1.77. The quantitative estimate of drug-likeness (QED) is 0.342. The number of hydrogen-bond acceptors (Lipinski definition) is 1. The Kier molecular flexibility index (Phi) is 2.79. The van der Waals surface area contributed by atoms with Gasteiger partial charge in [0.15, 0.2) is 6.20 Å². The molecule has 122 valence electrons. The molecule has 0 N–H and O–H groups in total. The maximum Gasteiger partial charge on any atom is 0.228 e. The van der Waals surface area contributed by atoms with Crippen LogP contribution in [0.15, 0.2) is 48.7 Å². The predicted molar refractivity (Wildman–Crippen MR) is 102 cm³/mol. The van der Waals surface area contributed by atoms with Crippen LogP contribution in [0.4, 0.5) is 0 Å². The molecule has 0 aliphatic carbocycles. The highest BCUT2D eigenvalue weighted by Gasteiger charge is 2.32. The SMILES string of the molecule is Cc1c2c(c(C)c3ccccc13)-c1c3c(cccc3c(C)c[n+]1C)O2. The van der Waals surface area contributed by atoms with Gasteiger partial charge in [-0.15, -0.1) is 0 Å². The molecule has 0 amide bonds. The second-order valence-corrected chi connectivity index (χ2v) is 7.05. The Labute approximate surface area is 147 Å². The molecule has 25 heavy (non-hydrogen) atoms. The van der Waals surface area contributed by atoms with Gasteiger partial charge in [-0.2, -0.15) is 4.57 Å². The third-order valence-electron chi connectivity index (χ3n) is 5.55. The van der Waals surface area contributed by atoms with E-state index in [1.165, 1.54) is 49.5 Å². The van der Waals surface area contributed by atoms with Crippen LogP contribution in [0.2, 0.25) is 0 Å². The van der Waals surface area contributed by atoms with Crippen molar-refractivity contribution in [2.45, 2.75) is 20.8 Å². The molecule has 1 aliphatic rings. The standard InChI is InChI=1S/C23H20NO/c1-13-12-24(4)22-20-14(2)17-8-5-6-9-18(17)15(3)23(20)25-19-11-7-10-16(13)21(19)22/h5-12H,1-4H3/q+1. The van der Waals surface area contributed by atoms with E-state index >= 15 is 0 Å². The van der Waals surface area contributed by atoms with Crippen molar-refractivity contribution in [1.82, 2.24) is 0 Å². The highest BCUT2D eigenvalue weighted by atomic mass is 16.5. The lowest BCUT2D eigenvalue weighted by molar-refractivity contribution is -0.659. The Morgan fingerprint density at radius 1 is 0.800 bits per heavy atom. The fourth-order valence-electron chi connectivity index (χ4n) is 4.37. The van der Waals surface area contributed by atoms with Gasteiger partial charge < -0.3 is 4.74 Å². The number of rotatable bonds is 0. The summed E-state index contributed by atoms with van der Waals surface area (Å²) in [5.41, 5.74) is 6.24. The molecule has 0 saturated carbocycles. The molecule has 0 atom stereocenters. The van der Waals surface area contributed by atoms with Gasteiger partial charge in [-0.25, -0.2) is 0 Å². The highest BCUT2D eigenvalue weighted by Crippen LogP contribution is 2.50. The summed E-state index contributed by atoms with van der Waals surface area (Å²) in [6.45, 7) is 6.54. The lowest BCUT2D eigenvalue weighted by atomic mass is 9.89. The van der Waals surface area contributed by atoms with E-state index in [0.29, 0.717) is 0 Å². The summed E-state index contributed by atoms with van der Waals surface area (Å²) in [5, 5.41) is 5.05. The predicted octanol–water partition coefficient (Wildman–Crippen LogP) is 5.52. The Balaban J connectivity index is 2.06. The maximum absolute atomic E-state index is 6.47. The number of fused-ring (bicyclic) bond motifs is 3. The smallest absolute Gasteiger partial charge is 0.228 e. The molecule has 0 radical (unpaired) electrons. The molecular weight excluding hydrogens is 306 g/mol. The van der Waals surface area contributed by atoms with Gasteiger partial charge in [0, 0.05) is 16.5 Å². The summed E-state index contributed by atoms with van der Waals surface area (Å²) >= 11 is 0. The molecule has 2 heterocycles. The highest BCUT2D eigenvalue weighted by molar-refractivity contribution is 6.07. The number of benzene rings is 3. The molecule has 2 heteroatoms. The van der Waals surface area contributed by atoms with E-state index in [1.807, 2.05) is 0 Å². The first-order chi connectivity index (χ1) is 12.1. The average Bonchev–Trinajstić information content (AvgIpc) is 2.63. The number of hydrogen-bond donors (Lipinski definition) is 0. The fraction of sp³-hybridized carbons (Fsp3) is 0.174. The van der Waals surface area contributed by atoms with Crippen molar-refractivity contribution < 1.29 is 9.30 Å². The average molecular weight is 326 g/mol. The number of pyridine rings is 1. The molecule has 0 fully saturated rings. The van der Waals surface area contributed by atoms with Gasteiger partial charge in [-0.05, 0) is 43.2 Å². The minimum Gasteiger partial charge on any atom is -0.455 e. The van der Waals surface area contributed by atoms with Crippen molar-refractivity contribution in [2.75, 3.05) is 0 Å². The van der Waals surface area contributed by atoms with Gasteiger partial charge >= 0.3 is 0 Å². The number of aromatic nitrogens is 1. The van der Waals surface area contributed by atoms with E-state index in [1.54, 1.807) is 0 Å². The summed E-state index contributed by atoms with van der Waals surface area (Å²) in [7, 11) is 2.14. The van der Waals surface area contributed by atoms with Crippen molar-refractivity contribution in [3.8, 4) is 22.8 Å². The molecule has 0 saturated heterocycles. The first-order valence-corrected chi connectivity index (χ1v) is 8.70. The molecule has 4 aromatic rings. The Morgan fingerprint density at radius 3 is 2.24 bits per heavy atom. The molecule has 0 bridgehead atoms. The van der Waals surface area contributed by atoms with Crippen LogP contribution >= 0.6 is 0 Å². The van der Waals surface area contributed by atoms with Gasteiger partial charge in [0.2, 0.25) is 5.69 Å². The summed E-state index contributed by atoms with van der Waals surface area (Å²) in [6, 6.07) is 15.0. The fourth-order valence-corrected chi connectivity index (χ4v) is 4.37. The Bertz CT molecular complexity index is 1200. The van der Waals surface area contributed by atoms with E-state index in [2.05, 4.69) is 81.0 Å². The minimum atomic E-state index is 0.956. The first-order valence-electron chi connectivity index (χ1n) is 8.70. The number of aryl methyl sites for hydroxylation is 4. The van der Waals surface area contributed by atoms with Gasteiger partial charge in [0.1, 0.15) is 18.5 Å². The van der Waals surface area contributed by atoms with Crippen LogP contribution in [0.3, 0.4) is 0 Å². The molecule has 3 aromatic carbocycles. The Hall–Kier alpha value is -2.87. The van der Waals surface area contributed by atoms with Crippen LogP contribution in [-0.2, 0) is 7.05 Å². The zero-order valence-corrected chi connectivity index (χ0v) is 15.0. The van der Waals surface area contributed by atoms with Gasteiger partial charge in [-0.1, -0.05) is 36.4 Å². The van der Waals surface area contributed by atoms with Gasteiger partial charge in [-0.3, -0.25) is 0 Å². The van der Waals surface area contributed by atoms with Crippen molar-refractivity contribution in [3.63, 3.8) is 0 Å². The molecule has 1 aromatic heterocycles. The number of ether oxygens (including phenoxy) is 1. The van der Waals surface area contributed by atoms with Gasteiger partial charge in [0.25, 0.3) is 0 Å². The molecule has 2 nitrogen and oxygen atoms in total. The van der Waals surface area contributed by atoms with Crippen LogP contribution in [0.1, 0.15) is 16.7 Å². The molecule has 5 rings (SSSR count). The summed E-state index contributed by atoms with van der Waals surface area (Å²) in [6.07, 6.45) is 2.22. The van der Waals surface area contributed by atoms with E-state index in [4.69, 9.17) is 4.74 Å². The number of nitrogens with zero attached hydrogens (tertiary/aromatic N) is 1. The summed E-state index contributed by atoms with van der Waals surface area (Å²) in [5.74, 6) is 1.95. The van der Waals surface area contributed by atoms with Crippen LogP contribution in [0.5, 0.6) is 11.5 Å². The second-order valence-electron chi connectivity index (χ2n) is 7.05. The lowest BCUT2D eigenvalue weighted by Gasteiger charge is -2.24.